The van der Waals surface area contributed by atoms with Crippen molar-refractivity contribution in [3.05, 3.63) is 53.9 Å². The minimum Gasteiger partial charge on any atom is -0.377 e. The lowest BCUT2D eigenvalue weighted by Crippen LogP contribution is -2.08. The molecule has 1 aromatic carbocycles. The van der Waals surface area contributed by atoms with E-state index in [9.17, 15) is 17.6 Å². The molecule has 0 fully saturated rings. The Labute approximate surface area is 106 Å². The molecule has 19 heavy (non-hydrogen) atoms. The number of halogens is 4. The molecule has 2 rings (SSSR count). The fourth-order valence-corrected chi connectivity index (χ4v) is 1.45. The summed E-state index contributed by atoms with van der Waals surface area (Å²) in [5, 5.41) is 2.58. The van der Waals surface area contributed by atoms with Crippen LogP contribution in [0.3, 0.4) is 0 Å². The molecule has 0 spiro atoms. The highest BCUT2D eigenvalue weighted by Crippen LogP contribution is 2.31. The maximum atomic E-state index is 13.4. The zero-order valence-electron chi connectivity index (χ0n) is 9.58. The highest BCUT2D eigenvalue weighted by Gasteiger charge is 2.31. The van der Waals surface area contributed by atoms with Gasteiger partial charge in [-0.05, 0) is 24.3 Å². The standard InChI is InChI=1S/C12H9F4N3/c13-10-2-1-8(12(14,15)16)5-11(10)18-6-9-3-4-17-7-19-9/h1-5,7,18H,6H2. The number of aromatic nitrogens is 2. The van der Waals surface area contributed by atoms with Gasteiger partial charge in [-0.1, -0.05) is 0 Å². The molecule has 0 radical (unpaired) electrons. The number of hydrogen-bond donors (Lipinski definition) is 1. The van der Waals surface area contributed by atoms with Crippen molar-refractivity contribution in [2.75, 3.05) is 5.32 Å². The van der Waals surface area contributed by atoms with E-state index in [0.717, 1.165) is 12.1 Å². The summed E-state index contributed by atoms with van der Waals surface area (Å²) in [5.74, 6) is -0.748. The first kappa shape index (κ1) is 13.3. The first-order chi connectivity index (χ1) is 8.97. The van der Waals surface area contributed by atoms with Crippen molar-refractivity contribution < 1.29 is 17.6 Å². The van der Waals surface area contributed by atoms with E-state index in [1.54, 1.807) is 6.07 Å². The Balaban J connectivity index is 2.16. The Hall–Kier alpha value is -2.18. The molecule has 1 aromatic heterocycles. The SMILES string of the molecule is Fc1ccc(C(F)(F)F)cc1NCc1ccncn1. The number of anilines is 1. The Morgan fingerprint density at radius 3 is 2.58 bits per heavy atom. The van der Waals surface area contributed by atoms with Crippen LogP contribution in [0.1, 0.15) is 11.3 Å². The molecule has 0 saturated carbocycles. The Morgan fingerprint density at radius 2 is 1.95 bits per heavy atom. The van der Waals surface area contributed by atoms with Crippen molar-refractivity contribution in [1.82, 2.24) is 9.97 Å². The number of rotatable bonds is 3. The van der Waals surface area contributed by atoms with Gasteiger partial charge in [0, 0.05) is 6.20 Å². The fraction of sp³-hybridized carbons (Fsp3) is 0.167. The van der Waals surface area contributed by atoms with E-state index in [0.29, 0.717) is 11.8 Å². The molecule has 1 heterocycles. The van der Waals surface area contributed by atoms with E-state index in [2.05, 4.69) is 15.3 Å². The van der Waals surface area contributed by atoms with Crippen LogP contribution in [-0.2, 0) is 12.7 Å². The summed E-state index contributed by atoms with van der Waals surface area (Å²) >= 11 is 0. The normalized spacial score (nSPS) is 11.4. The summed E-state index contributed by atoms with van der Waals surface area (Å²) in [5.41, 5.74) is -0.570. The molecule has 0 amide bonds. The van der Waals surface area contributed by atoms with Gasteiger partial charge in [0.25, 0.3) is 0 Å². The van der Waals surface area contributed by atoms with Gasteiger partial charge in [0.15, 0.2) is 0 Å². The molecule has 0 bridgehead atoms. The molecule has 2 aromatic rings. The van der Waals surface area contributed by atoms with E-state index < -0.39 is 17.6 Å². The Bertz CT molecular complexity index is 555. The molecule has 7 heteroatoms. The topological polar surface area (TPSA) is 37.8 Å². The van der Waals surface area contributed by atoms with Crippen LogP contribution in [0, 0.1) is 5.82 Å². The van der Waals surface area contributed by atoms with Gasteiger partial charge in [-0.3, -0.25) is 0 Å². The smallest absolute Gasteiger partial charge is 0.377 e. The van der Waals surface area contributed by atoms with Crippen LogP contribution in [0.2, 0.25) is 0 Å². The van der Waals surface area contributed by atoms with Gasteiger partial charge in [0.2, 0.25) is 0 Å². The largest absolute Gasteiger partial charge is 0.416 e. The van der Waals surface area contributed by atoms with Crippen molar-refractivity contribution >= 4 is 5.69 Å². The first-order valence-electron chi connectivity index (χ1n) is 5.32. The second-order valence-electron chi connectivity index (χ2n) is 3.75. The van der Waals surface area contributed by atoms with Crippen LogP contribution < -0.4 is 5.32 Å². The van der Waals surface area contributed by atoms with Crippen molar-refractivity contribution in [2.45, 2.75) is 12.7 Å². The number of hydrogen-bond acceptors (Lipinski definition) is 3. The minimum atomic E-state index is -4.50. The molecule has 1 N–H and O–H groups in total. The zero-order chi connectivity index (χ0) is 13.9. The summed E-state index contributed by atoms with van der Waals surface area (Å²) in [6, 6.07) is 3.80. The predicted molar refractivity (Wildman–Crippen MR) is 60.8 cm³/mol. The van der Waals surface area contributed by atoms with Crippen molar-refractivity contribution in [1.29, 1.82) is 0 Å². The van der Waals surface area contributed by atoms with Gasteiger partial charge in [-0.25, -0.2) is 14.4 Å². The highest BCUT2D eigenvalue weighted by molar-refractivity contribution is 5.48. The third-order valence-electron chi connectivity index (χ3n) is 2.40. The lowest BCUT2D eigenvalue weighted by atomic mass is 10.2. The van der Waals surface area contributed by atoms with E-state index in [1.165, 1.54) is 12.5 Å². The summed E-state index contributed by atoms with van der Waals surface area (Å²) in [6.45, 7) is 0.112. The van der Waals surface area contributed by atoms with Crippen LogP contribution in [0.25, 0.3) is 0 Å². The monoisotopic (exact) mass is 271 g/mol. The van der Waals surface area contributed by atoms with E-state index in [4.69, 9.17) is 0 Å². The quantitative estimate of drug-likeness (QED) is 0.871. The molecule has 0 atom stereocenters. The third-order valence-corrected chi connectivity index (χ3v) is 2.40. The summed E-state index contributed by atoms with van der Waals surface area (Å²) in [7, 11) is 0. The van der Waals surface area contributed by atoms with Crippen molar-refractivity contribution in [3.8, 4) is 0 Å². The van der Waals surface area contributed by atoms with Crippen LogP contribution in [-0.4, -0.2) is 9.97 Å². The van der Waals surface area contributed by atoms with Crippen LogP contribution in [0.4, 0.5) is 23.2 Å². The van der Waals surface area contributed by atoms with Gasteiger partial charge in [0.1, 0.15) is 12.1 Å². The average molecular weight is 271 g/mol. The van der Waals surface area contributed by atoms with Gasteiger partial charge in [-0.15, -0.1) is 0 Å². The molecule has 0 unspecified atom stereocenters. The van der Waals surface area contributed by atoms with Crippen LogP contribution >= 0.6 is 0 Å². The summed E-state index contributed by atoms with van der Waals surface area (Å²) < 4.78 is 50.9. The van der Waals surface area contributed by atoms with E-state index in [1.807, 2.05) is 0 Å². The maximum Gasteiger partial charge on any atom is 0.416 e. The molecular weight excluding hydrogens is 262 g/mol. The number of benzene rings is 1. The van der Waals surface area contributed by atoms with Gasteiger partial charge in [0.05, 0.1) is 23.5 Å². The minimum absolute atomic E-state index is 0.112. The maximum absolute atomic E-state index is 13.4. The third kappa shape index (κ3) is 3.40. The molecular formula is C12H9F4N3. The molecule has 0 aliphatic carbocycles. The van der Waals surface area contributed by atoms with E-state index in [-0.39, 0.29) is 12.2 Å². The number of nitrogens with one attached hydrogen (secondary N) is 1. The van der Waals surface area contributed by atoms with Crippen molar-refractivity contribution in [2.24, 2.45) is 0 Å². The van der Waals surface area contributed by atoms with Gasteiger partial charge < -0.3 is 5.32 Å². The molecule has 100 valence electrons. The average Bonchev–Trinajstić information content (AvgIpc) is 2.37. The second kappa shape index (κ2) is 5.21. The predicted octanol–water partition coefficient (Wildman–Crippen LogP) is 3.25. The number of nitrogens with zero attached hydrogens (tertiary/aromatic N) is 2. The molecule has 0 aliphatic heterocycles. The van der Waals surface area contributed by atoms with Gasteiger partial charge in [-0.2, -0.15) is 13.2 Å². The Kier molecular flexibility index (Phi) is 3.64. The Morgan fingerprint density at radius 1 is 1.16 bits per heavy atom. The van der Waals surface area contributed by atoms with Gasteiger partial charge >= 0.3 is 6.18 Å². The fourth-order valence-electron chi connectivity index (χ4n) is 1.45. The summed E-state index contributed by atoms with van der Waals surface area (Å²) in [4.78, 5) is 7.58. The van der Waals surface area contributed by atoms with Crippen LogP contribution in [0.15, 0.2) is 36.8 Å². The van der Waals surface area contributed by atoms with Crippen LogP contribution in [0.5, 0.6) is 0 Å². The van der Waals surface area contributed by atoms with E-state index >= 15 is 0 Å². The first-order valence-corrected chi connectivity index (χ1v) is 5.32. The number of alkyl halides is 3. The molecule has 0 aliphatic rings. The van der Waals surface area contributed by atoms with Crippen molar-refractivity contribution in [3.63, 3.8) is 0 Å². The second-order valence-corrected chi connectivity index (χ2v) is 3.75. The lowest BCUT2D eigenvalue weighted by Gasteiger charge is -2.11. The highest BCUT2D eigenvalue weighted by atomic mass is 19.4. The lowest BCUT2D eigenvalue weighted by molar-refractivity contribution is -0.137. The zero-order valence-corrected chi connectivity index (χ0v) is 9.58. The summed E-state index contributed by atoms with van der Waals surface area (Å²) in [6.07, 6.45) is -1.70. The molecule has 3 nitrogen and oxygen atoms in total. The molecule has 0 saturated heterocycles.